The molecular formula is C20H19ClN2O4. The van der Waals surface area contributed by atoms with Crippen molar-refractivity contribution in [1.82, 2.24) is 0 Å². The Labute approximate surface area is 162 Å². The molecule has 1 saturated heterocycles. The van der Waals surface area contributed by atoms with Crippen LogP contribution in [0.1, 0.15) is 28.8 Å². The number of esters is 1. The molecule has 0 atom stereocenters. The largest absolute Gasteiger partial charge is 0.465 e. The maximum Gasteiger partial charge on any atom is 0.337 e. The van der Waals surface area contributed by atoms with Gasteiger partial charge in [-0.2, -0.15) is 0 Å². The standard InChI is InChI=1S/C20H19ClN2O4/c1-27-20(26)14-6-9-16(21)17(12-14)22-18(24)11-13-4-7-15(8-5-13)23-10-2-3-19(23)25/h4-9,12H,2-3,10-11H2,1H3,(H,22,24). The molecule has 27 heavy (non-hydrogen) atoms. The lowest BCUT2D eigenvalue weighted by atomic mass is 10.1. The third kappa shape index (κ3) is 4.46. The van der Waals surface area contributed by atoms with Crippen LogP contribution in [0.2, 0.25) is 5.02 Å². The van der Waals surface area contributed by atoms with Crippen molar-refractivity contribution in [3.05, 3.63) is 58.6 Å². The molecule has 3 rings (SSSR count). The third-order valence-electron chi connectivity index (χ3n) is 4.35. The number of ether oxygens (including phenoxy) is 1. The van der Waals surface area contributed by atoms with E-state index in [1.54, 1.807) is 4.90 Å². The Morgan fingerprint density at radius 2 is 1.93 bits per heavy atom. The van der Waals surface area contributed by atoms with E-state index in [-0.39, 0.29) is 18.2 Å². The van der Waals surface area contributed by atoms with Gasteiger partial charge in [-0.1, -0.05) is 23.7 Å². The van der Waals surface area contributed by atoms with E-state index in [1.165, 1.54) is 25.3 Å². The first-order valence-corrected chi connectivity index (χ1v) is 8.93. The maximum atomic E-state index is 12.3. The van der Waals surface area contributed by atoms with Crippen LogP contribution < -0.4 is 10.2 Å². The highest BCUT2D eigenvalue weighted by atomic mass is 35.5. The minimum atomic E-state index is -0.505. The molecule has 140 valence electrons. The summed E-state index contributed by atoms with van der Waals surface area (Å²) >= 11 is 6.09. The number of carbonyl (C=O) groups is 3. The van der Waals surface area contributed by atoms with E-state index in [1.807, 2.05) is 24.3 Å². The van der Waals surface area contributed by atoms with Crippen LogP contribution in [0.4, 0.5) is 11.4 Å². The first kappa shape index (κ1) is 18.9. The monoisotopic (exact) mass is 386 g/mol. The first-order chi connectivity index (χ1) is 13.0. The van der Waals surface area contributed by atoms with Gasteiger partial charge in [0.25, 0.3) is 0 Å². The van der Waals surface area contributed by atoms with E-state index in [9.17, 15) is 14.4 Å². The highest BCUT2D eigenvalue weighted by molar-refractivity contribution is 6.33. The molecule has 0 aromatic heterocycles. The summed E-state index contributed by atoms with van der Waals surface area (Å²) in [6.07, 6.45) is 1.59. The Hall–Kier alpha value is -2.86. The van der Waals surface area contributed by atoms with Gasteiger partial charge in [0.05, 0.1) is 29.8 Å². The molecule has 1 fully saturated rings. The smallest absolute Gasteiger partial charge is 0.337 e. The lowest BCUT2D eigenvalue weighted by molar-refractivity contribution is -0.117. The normalized spacial score (nSPS) is 13.6. The summed E-state index contributed by atoms with van der Waals surface area (Å²) in [6.45, 7) is 0.730. The fourth-order valence-electron chi connectivity index (χ4n) is 2.96. The van der Waals surface area contributed by atoms with Crippen molar-refractivity contribution in [3.63, 3.8) is 0 Å². The highest BCUT2D eigenvalue weighted by Crippen LogP contribution is 2.24. The van der Waals surface area contributed by atoms with Crippen molar-refractivity contribution in [2.24, 2.45) is 0 Å². The average Bonchev–Trinajstić information content (AvgIpc) is 3.09. The molecule has 1 aliphatic rings. The number of carbonyl (C=O) groups excluding carboxylic acids is 3. The second-order valence-corrected chi connectivity index (χ2v) is 6.63. The SMILES string of the molecule is COC(=O)c1ccc(Cl)c(NC(=O)Cc2ccc(N3CCCC3=O)cc2)c1. The number of nitrogens with zero attached hydrogens (tertiary/aromatic N) is 1. The number of benzene rings is 2. The quantitative estimate of drug-likeness (QED) is 0.799. The fourth-order valence-corrected chi connectivity index (χ4v) is 3.13. The Kier molecular flexibility index (Phi) is 5.76. The van der Waals surface area contributed by atoms with Crippen molar-refractivity contribution in [2.45, 2.75) is 19.3 Å². The maximum absolute atomic E-state index is 12.3. The van der Waals surface area contributed by atoms with Crippen molar-refractivity contribution in [2.75, 3.05) is 23.9 Å². The number of hydrogen-bond donors (Lipinski definition) is 1. The number of halogens is 1. The topological polar surface area (TPSA) is 75.7 Å². The van der Waals surface area contributed by atoms with Gasteiger partial charge < -0.3 is 15.0 Å². The molecule has 1 heterocycles. The number of amides is 2. The number of hydrogen-bond acceptors (Lipinski definition) is 4. The minimum absolute atomic E-state index is 0.126. The van der Waals surface area contributed by atoms with E-state index < -0.39 is 5.97 Å². The lowest BCUT2D eigenvalue weighted by Gasteiger charge is -2.16. The van der Waals surface area contributed by atoms with Crippen LogP contribution in [0, 0.1) is 0 Å². The van der Waals surface area contributed by atoms with E-state index >= 15 is 0 Å². The van der Waals surface area contributed by atoms with Crippen LogP contribution in [-0.2, 0) is 20.7 Å². The van der Waals surface area contributed by atoms with Gasteiger partial charge in [-0.3, -0.25) is 9.59 Å². The molecular weight excluding hydrogens is 368 g/mol. The molecule has 0 saturated carbocycles. The summed E-state index contributed by atoms with van der Waals surface area (Å²) in [5.41, 5.74) is 2.30. The van der Waals surface area contributed by atoms with Crippen LogP contribution >= 0.6 is 11.6 Å². The van der Waals surface area contributed by atoms with Crippen LogP contribution in [0.3, 0.4) is 0 Å². The molecule has 6 nitrogen and oxygen atoms in total. The molecule has 1 aliphatic heterocycles. The number of anilines is 2. The predicted octanol–water partition coefficient (Wildman–Crippen LogP) is 3.43. The molecule has 0 unspecified atom stereocenters. The third-order valence-corrected chi connectivity index (χ3v) is 4.68. The van der Waals surface area contributed by atoms with Gasteiger partial charge in [0, 0.05) is 18.7 Å². The molecule has 0 radical (unpaired) electrons. The van der Waals surface area contributed by atoms with E-state index in [0.29, 0.717) is 22.7 Å². The number of nitrogens with one attached hydrogen (secondary N) is 1. The van der Waals surface area contributed by atoms with Gasteiger partial charge in [0.2, 0.25) is 11.8 Å². The summed E-state index contributed by atoms with van der Waals surface area (Å²) in [6, 6.07) is 11.9. The van der Waals surface area contributed by atoms with Crippen LogP contribution in [0.5, 0.6) is 0 Å². The van der Waals surface area contributed by atoms with Crippen molar-refractivity contribution in [1.29, 1.82) is 0 Å². The molecule has 2 aromatic carbocycles. The molecule has 2 amide bonds. The second-order valence-electron chi connectivity index (χ2n) is 6.23. The predicted molar refractivity (Wildman–Crippen MR) is 103 cm³/mol. The number of rotatable bonds is 5. The summed E-state index contributed by atoms with van der Waals surface area (Å²) < 4.78 is 4.67. The zero-order valence-corrected chi connectivity index (χ0v) is 15.6. The molecule has 1 N–H and O–H groups in total. The van der Waals surface area contributed by atoms with Crippen molar-refractivity contribution < 1.29 is 19.1 Å². The summed E-state index contributed by atoms with van der Waals surface area (Å²) in [4.78, 5) is 37.5. The lowest BCUT2D eigenvalue weighted by Crippen LogP contribution is -2.23. The van der Waals surface area contributed by atoms with Crippen LogP contribution in [0.15, 0.2) is 42.5 Å². The van der Waals surface area contributed by atoms with Crippen LogP contribution in [0.25, 0.3) is 0 Å². The zero-order chi connectivity index (χ0) is 19.4. The Morgan fingerprint density at radius 1 is 1.19 bits per heavy atom. The summed E-state index contributed by atoms with van der Waals surface area (Å²) in [7, 11) is 1.29. The van der Waals surface area contributed by atoms with Crippen molar-refractivity contribution in [3.8, 4) is 0 Å². The summed E-state index contributed by atoms with van der Waals surface area (Å²) in [5.74, 6) is -0.640. The van der Waals surface area contributed by atoms with E-state index in [2.05, 4.69) is 10.1 Å². The molecule has 2 aromatic rings. The van der Waals surface area contributed by atoms with Gasteiger partial charge in [0.1, 0.15) is 0 Å². The second kappa shape index (κ2) is 8.22. The van der Waals surface area contributed by atoms with E-state index in [4.69, 9.17) is 11.6 Å². The van der Waals surface area contributed by atoms with Gasteiger partial charge in [-0.15, -0.1) is 0 Å². The van der Waals surface area contributed by atoms with Crippen LogP contribution in [-0.4, -0.2) is 31.4 Å². The van der Waals surface area contributed by atoms with Crippen molar-refractivity contribution >= 4 is 40.8 Å². The molecule has 0 bridgehead atoms. The summed E-state index contributed by atoms with van der Waals surface area (Å²) in [5, 5.41) is 3.04. The minimum Gasteiger partial charge on any atom is -0.465 e. The first-order valence-electron chi connectivity index (χ1n) is 8.55. The van der Waals surface area contributed by atoms with Gasteiger partial charge in [-0.25, -0.2) is 4.79 Å². The average molecular weight is 387 g/mol. The zero-order valence-electron chi connectivity index (χ0n) is 14.8. The molecule has 0 spiro atoms. The molecule has 0 aliphatic carbocycles. The highest BCUT2D eigenvalue weighted by Gasteiger charge is 2.21. The molecule has 7 heteroatoms. The fraction of sp³-hybridized carbons (Fsp3) is 0.250. The Morgan fingerprint density at radius 3 is 2.56 bits per heavy atom. The number of methoxy groups -OCH3 is 1. The van der Waals surface area contributed by atoms with Gasteiger partial charge in [0.15, 0.2) is 0 Å². The van der Waals surface area contributed by atoms with Gasteiger partial charge in [-0.05, 0) is 42.3 Å². The van der Waals surface area contributed by atoms with Gasteiger partial charge >= 0.3 is 5.97 Å². The Bertz CT molecular complexity index is 880. The Balaban J connectivity index is 1.66. The van der Waals surface area contributed by atoms with E-state index in [0.717, 1.165) is 24.2 Å².